The van der Waals surface area contributed by atoms with Crippen LogP contribution in [-0.4, -0.2) is 42.7 Å². The van der Waals surface area contributed by atoms with Crippen molar-refractivity contribution in [1.82, 2.24) is 15.2 Å². The minimum Gasteiger partial charge on any atom is -0.380 e. The van der Waals surface area contributed by atoms with E-state index < -0.39 is 0 Å². The quantitative estimate of drug-likeness (QED) is 0.631. The van der Waals surface area contributed by atoms with Gasteiger partial charge in [-0.15, -0.1) is 0 Å². The van der Waals surface area contributed by atoms with Gasteiger partial charge in [-0.05, 0) is 38.1 Å². The summed E-state index contributed by atoms with van der Waals surface area (Å²) in [5, 5.41) is 3.39. The van der Waals surface area contributed by atoms with Gasteiger partial charge >= 0.3 is 0 Å². The third-order valence-corrected chi connectivity index (χ3v) is 3.23. The first-order chi connectivity index (χ1) is 9.80. The Morgan fingerprint density at radius 2 is 2.10 bits per heavy atom. The maximum atomic E-state index is 5.41. The van der Waals surface area contributed by atoms with E-state index in [2.05, 4.69) is 41.2 Å². The molecule has 0 aliphatic rings. The van der Waals surface area contributed by atoms with Crippen molar-refractivity contribution in [2.24, 2.45) is 0 Å². The van der Waals surface area contributed by atoms with Crippen molar-refractivity contribution in [3.63, 3.8) is 0 Å². The van der Waals surface area contributed by atoms with E-state index in [9.17, 15) is 0 Å². The lowest BCUT2D eigenvalue weighted by atomic mass is 10.2. The van der Waals surface area contributed by atoms with Crippen LogP contribution in [0.25, 0.3) is 0 Å². The number of hydrogen-bond acceptors (Lipinski definition) is 4. The number of aromatic nitrogens is 1. The molecule has 0 unspecified atom stereocenters. The van der Waals surface area contributed by atoms with Crippen LogP contribution in [0.1, 0.15) is 38.4 Å². The summed E-state index contributed by atoms with van der Waals surface area (Å²) in [6, 6.07) is 4.30. The number of nitrogens with zero attached hydrogens (tertiary/aromatic N) is 2. The van der Waals surface area contributed by atoms with Crippen molar-refractivity contribution in [1.29, 1.82) is 0 Å². The molecule has 0 aliphatic heterocycles. The van der Waals surface area contributed by atoms with E-state index in [1.165, 1.54) is 5.56 Å². The number of nitrogens with one attached hydrogen (secondary N) is 1. The average Bonchev–Trinajstić information content (AvgIpc) is 2.48. The topological polar surface area (TPSA) is 37.4 Å². The second-order valence-corrected chi connectivity index (χ2v) is 4.90. The van der Waals surface area contributed by atoms with Crippen molar-refractivity contribution < 1.29 is 4.74 Å². The maximum absolute atomic E-state index is 5.41. The number of pyridine rings is 1. The highest BCUT2D eigenvalue weighted by Gasteiger charge is 2.04. The van der Waals surface area contributed by atoms with Gasteiger partial charge in [0.25, 0.3) is 0 Å². The van der Waals surface area contributed by atoms with Crippen LogP contribution < -0.4 is 5.32 Å². The first kappa shape index (κ1) is 17.1. The fourth-order valence-electron chi connectivity index (χ4n) is 1.98. The van der Waals surface area contributed by atoms with Crippen LogP contribution in [-0.2, 0) is 17.8 Å². The Kier molecular flexibility index (Phi) is 9.20. The van der Waals surface area contributed by atoms with Crippen LogP contribution >= 0.6 is 0 Å². The molecular weight excluding hydrogens is 250 g/mol. The fraction of sp³-hybridized carbons (Fsp3) is 0.688. The molecule has 114 valence electrons. The highest BCUT2D eigenvalue weighted by Crippen LogP contribution is 2.04. The number of ether oxygens (including phenoxy) is 1. The molecule has 0 atom stereocenters. The highest BCUT2D eigenvalue weighted by molar-refractivity contribution is 5.13. The lowest BCUT2D eigenvalue weighted by molar-refractivity contribution is 0.112. The van der Waals surface area contributed by atoms with E-state index in [0.29, 0.717) is 0 Å². The molecule has 0 fully saturated rings. The largest absolute Gasteiger partial charge is 0.380 e. The molecule has 4 heteroatoms. The SMILES string of the molecule is CCCNCc1ccc(CN(CC)CCOCC)nc1. The summed E-state index contributed by atoms with van der Waals surface area (Å²) in [5.74, 6) is 0. The number of hydrogen-bond donors (Lipinski definition) is 1. The Balaban J connectivity index is 2.38. The average molecular weight is 279 g/mol. The zero-order chi connectivity index (χ0) is 14.6. The molecule has 1 N–H and O–H groups in total. The predicted octanol–water partition coefficient (Wildman–Crippen LogP) is 2.44. The standard InChI is InChI=1S/C16H29N3O/c1-4-9-17-12-15-7-8-16(18-13-15)14-19(5-2)10-11-20-6-3/h7-8,13,17H,4-6,9-12,14H2,1-3H3. The van der Waals surface area contributed by atoms with Crippen LogP contribution in [0.2, 0.25) is 0 Å². The van der Waals surface area contributed by atoms with Crippen molar-refractivity contribution in [3.05, 3.63) is 29.6 Å². The van der Waals surface area contributed by atoms with Gasteiger partial charge in [-0.1, -0.05) is 19.9 Å². The van der Waals surface area contributed by atoms with Crippen molar-refractivity contribution in [2.75, 3.05) is 32.8 Å². The fourth-order valence-corrected chi connectivity index (χ4v) is 1.98. The summed E-state index contributed by atoms with van der Waals surface area (Å²) in [6.45, 7) is 12.8. The molecule has 0 bridgehead atoms. The minimum atomic E-state index is 0.787. The Morgan fingerprint density at radius 1 is 1.25 bits per heavy atom. The summed E-state index contributed by atoms with van der Waals surface area (Å²) >= 11 is 0. The minimum absolute atomic E-state index is 0.787. The molecule has 0 aromatic carbocycles. The van der Waals surface area contributed by atoms with Gasteiger partial charge in [0, 0.05) is 32.4 Å². The van der Waals surface area contributed by atoms with Gasteiger partial charge < -0.3 is 10.1 Å². The second kappa shape index (κ2) is 10.8. The molecule has 1 aromatic rings. The molecule has 20 heavy (non-hydrogen) atoms. The Labute approximate surface area is 123 Å². The third kappa shape index (κ3) is 6.98. The Morgan fingerprint density at radius 3 is 2.70 bits per heavy atom. The van der Waals surface area contributed by atoms with Gasteiger partial charge in [0.15, 0.2) is 0 Å². The molecule has 0 saturated heterocycles. The van der Waals surface area contributed by atoms with Gasteiger partial charge in [0.2, 0.25) is 0 Å². The van der Waals surface area contributed by atoms with Gasteiger partial charge in [-0.2, -0.15) is 0 Å². The molecular formula is C16H29N3O. The number of likely N-dealkylation sites (N-methyl/N-ethyl adjacent to an activating group) is 1. The molecule has 0 spiro atoms. The van der Waals surface area contributed by atoms with Crippen LogP contribution in [0.4, 0.5) is 0 Å². The Bertz CT molecular complexity index is 340. The van der Waals surface area contributed by atoms with Crippen LogP contribution in [0, 0.1) is 0 Å². The molecule has 1 rings (SSSR count). The van der Waals surface area contributed by atoms with E-state index in [4.69, 9.17) is 4.74 Å². The van der Waals surface area contributed by atoms with Gasteiger partial charge in [0.05, 0.1) is 12.3 Å². The molecule has 1 heterocycles. The first-order valence-electron chi connectivity index (χ1n) is 7.74. The lowest BCUT2D eigenvalue weighted by Gasteiger charge is -2.19. The zero-order valence-corrected chi connectivity index (χ0v) is 13.2. The van der Waals surface area contributed by atoms with Gasteiger partial charge in [-0.3, -0.25) is 9.88 Å². The van der Waals surface area contributed by atoms with Gasteiger partial charge in [0.1, 0.15) is 0 Å². The number of rotatable bonds is 11. The molecule has 0 aliphatic carbocycles. The van der Waals surface area contributed by atoms with E-state index >= 15 is 0 Å². The van der Waals surface area contributed by atoms with E-state index in [-0.39, 0.29) is 0 Å². The van der Waals surface area contributed by atoms with E-state index in [1.807, 2.05) is 13.1 Å². The molecule has 1 aromatic heterocycles. The summed E-state index contributed by atoms with van der Waals surface area (Å²) < 4.78 is 5.41. The summed E-state index contributed by atoms with van der Waals surface area (Å²) in [5.41, 5.74) is 2.38. The van der Waals surface area contributed by atoms with Gasteiger partial charge in [-0.25, -0.2) is 0 Å². The monoisotopic (exact) mass is 279 g/mol. The summed E-state index contributed by atoms with van der Waals surface area (Å²) in [6.07, 6.45) is 3.14. The summed E-state index contributed by atoms with van der Waals surface area (Å²) in [4.78, 5) is 6.91. The van der Waals surface area contributed by atoms with E-state index in [0.717, 1.165) is 58.1 Å². The molecule has 0 radical (unpaired) electrons. The molecule has 0 saturated carbocycles. The van der Waals surface area contributed by atoms with Crippen molar-refractivity contribution in [3.8, 4) is 0 Å². The zero-order valence-electron chi connectivity index (χ0n) is 13.2. The lowest BCUT2D eigenvalue weighted by Crippen LogP contribution is -2.27. The third-order valence-electron chi connectivity index (χ3n) is 3.23. The van der Waals surface area contributed by atoms with Crippen LogP contribution in [0.15, 0.2) is 18.3 Å². The van der Waals surface area contributed by atoms with E-state index in [1.54, 1.807) is 0 Å². The molecule has 0 amide bonds. The summed E-state index contributed by atoms with van der Waals surface area (Å²) in [7, 11) is 0. The normalized spacial score (nSPS) is 11.2. The smallest absolute Gasteiger partial charge is 0.0593 e. The first-order valence-corrected chi connectivity index (χ1v) is 7.74. The Hall–Kier alpha value is -0.970. The highest BCUT2D eigenvalue weighted by atomic mass is 16.5. The van der Waals surface area contributed by atoms with Crippen molar-refractivity contribution in [2.45, 2.75) is 40.3 Å². The van der Waals surface area contributed by atoms with Crippen LogP contribution in [0.3, 0.4) is 0 Å². The second-order valence-electron chi connectivity index (χ2n) is 4.90. The molecule has 4 nitrogen and oxygen atoms in total. The predicted molar refractivity (Wildman–Crippen MR) is 83.7 cm³/mol. The maximum Gasteiger partial charge on any atom is 0.0593 e. The van der Waals surface area contributed by atoms with Crippen molar-refractivity contribution >= 4 is 0 Å². The van der Waals surface area contributed by atoms with Crippen LogP contribution in [0.5, 0.6) is 0 Å².